The van der Waals surface area contributed by atoms with Gasteiger partial charge in [-0.15, -0.1) is 0 Å². The maximum Gasteiger partial charge on any atom is 0.160 e. The van der Waals surface area contributed by atoms with E-state index in [2.05, 4.69) is 188 Å². The molecule has 0 N–H and O–H groups in total. The molecule has 11 rings (SSSR count). The first-order chi connectivity index (χ1) is 26.7. The number of fused-ring (bicyclic) bond motifs is 10. The van der Waals surface area contributed by atoms with Gasteiger partial charge >= 0.3 is 0 Å². The van der Waals surface area contributed by atoms with Crippen LogP contribution in [0.25, 0.3) is 66.9 Å². The van der Waals surface area contributed by atoms with E-state index >= 15 is 0 Å². The average molecular weight is 705 g/mol. The minimum absolute atomic E-state index is 0.454. The lowest BCUT2D eigenvalue weighted by molar-refractivity contribution is 0.724. The summed E-state index contributed by atoms with van der Waals surface area (Å²) in [5.41, 5.74) is 14.8. The maximum atomic E-state index is 5.28. The fourth-order valence-corrected chi connectivity index (χ4v) is 9.94. The SMILES string of the molecule is c1ccc(-c2ccc(-c3cc(-c4ccccc4)nc(-c4ccc5c(c4)Sc4cc6ccccc6cc4C54c5ccccc5-c5ccccc54)n3)cc2)cc1. The van der Waals surface area contributed by atoms with Crippen molar-refractivity contribution < 1.29 is 0 Å². The third kappa shape index (κ3) is 4.75. The Bertz CT molecular complexity index is 2850. The molecular weight excluding hydrogens is 673 g/mol. The van der Waals surface area contributed by atoms with Gasteiger partial charge in [-0.25, -0.2) is 9.97 Å². The molecule has 0 saturated heterocycles. The van der Waals surface area contributed by atoms with Crippen LogP contribution in [0.3, 0.4) is 0 Å². The summed E-state index contributed by atoms with van der Waals surface area (Å²) in [6.45, 7) is 0. The van der Waals surface area contributed by atoms with Crippen LogP contribution in [0.4, 0.5) is 0 Å². The van der Waals surface area contributed by atoms with Gasteiger partial charge in [0.1, 0.15) is 0 Å². The minimum atomic E-state index is -0.454. The van der Waals surface area contributed by atoms with Gasteiger partial charge in [-0.2, -0.15) is 0 Å². The summed E-state index contributed by atoms with van der Waals surface area (Å²) in [5.74, 6) is 0.715. The number of aromatic nitrogens is 2. The Balaban J connectivity index is 1.11. The normalized spacial score (nSPS) is 13.3. The molecule has 0 amide bonds. The van der Waals surface area contributed by atoms with E-state index in [1.807, 2.05) is 17.8 Å². The van der Waals surface area contributed by atoms with E-state index in [0.717, 1.165) is 28.1 Å². The Morgan fingerprint density at radius 2 is 0.815 bits per heavy atom. The average Bonchev–Trinajstić information content (AvgIpc) is 3.54. The van der Waals surface area contributed by atoms with E-state index in [4.69, 9.17) is 9.97 Å². The first-order valence-corrected chi connectivity index (χ1v) is 19.2. The van der Waals surface area contributed by atoms with E-state index in [1.165, 1.54) is 65.1 Å². The largest absolute Gasteiger partial charge is 0.228 e. The van der Waals surface area contributed by atoms with Crippen molar-refractivity contribution in [3.8, 4) is 56.2 Å². The molecule has 1 aliphatic heterocycles. The number of nitrogens with zero attached hydrogens (tertiary/aromatic N) is 2. The lowest BCUT2D eigenvalue weighted by atomic mass is 9.67. The first kappa shape index (κ1) is 31.0. The van der Waals surface area contributed by atoms with Gasteiger partial charge in [-0.1, -0.05) is 182 Å². The van der Waals surface area contributed by atoms with E-state index in [-0.39, 0.29) is 0 Å². The van der Waals surface area contributed by atoms with E-state index in [0.29, 0.717) is 5.82 Å². The standard InChI is InChI=1S/C51H32N2S/c1-3-13-33(14-4-1)34-23-25-36(26-24-34)47-32-46(35-15-5-2-6-16-35)52-50(53-47)39-27-28-44-48(31-39)54-49-30-38-18-8-7-17-37(38)29-45(49)51(44)42-21-11-9-19-40(42)41-20-10-12-22-43(41)51/h1-32H. The summed E-state index contributed by atoms with van der Waals surface area (Å²) < 4.78 is 0. The van der Waals surface area contributed by atoms with Crippen LogP contribution in [0.2, 0.25) is 0 Å². The maximum absolute atomic E-state index is 5.28. The first-order valence-electron chi connectivity index (χ1n) is 18.4. The van der Waals surface area contributed by atoms with Crippen LogP contribution < -0.4 is 0 Å². The second-order valence-corrected chi connectivity index (χ2v) is 15.2. The molecule has 0 unspecified atom stereocenters. The van der Waals surface area contributed by atoms with Gasteiger partial charge in [-0.3, -0.25) is 0 Å². The third-order valence-electron chi connectivity index (χ3n) is 11.2. The Morgan fingerprint density at radius 3 is 1.48 bits per heavy atom. The van der Waals surface area contributed by atoms with Crippen LogP contribution in [-0.4, -0.2) is 9.97 Å². The lowest BCUT2D eigenvalue weighted by Gasteiger charge is -2.40. The minimum Gasteiger partial charge on any atom is -0.228 e. The van der Waals surface area contributed by atoms with Crippen molar-refractivity contribution in [1.82, 2.24) is 9.97 Å². The summed E-state index contributed by atoms with van der Waals surface area (Å²) in [6.07, 6.45) is 0. The van der Waals surface area contributed by atoms with Gasteiger partial charge in [-0.05, 0) is 79.5 Å². The van der Waals surface area contributed by atoms with Crippen molar-refractivity contribution >= 4 is 22.5 Å². The zero-order chi connectivity index (χ0) is 35.6. The highest BCUT2D eigenvalue weighted by atomic mass is 32.2. The summed E-state index contributed by atoms with van der Waals surface area (Å²) in [4.78, 5) is 13.0. The fraction of sp³-hybridized carbons (Fsp3) is 0.0196. The van der Waals surface area contributed by atoms with E-state index < -0.39 is 5.41 Å². The molecule has 0 fully saturated rings. The van der Waals surface area contributed by atoms with Crippen molar-refractivity contribution in [3.05, 3.63) is 216 Å². The molecule has 252 valence electrons. The summed E-state index contributed by atoms with van der Waals surface area (Å²) in [6, 6.07) is 70.2. The Hall–Kier alpha value is -6.55. The fourth-order valence-electron chi connectivity index (χ4n) is 8.68. The van der Waals surface area contributed by atoms with Crippen molar-refractivity contribution in [2.24, 2.45) is 0 Å². The summed E-state index contributed by atoms with van der Waals surface area (Å²) in [5, 5.41) is 2.51. The zero-order valence-corrected chi connectivity index (χ0v) is 30.1. The predicted octanol–water partition coefficient (Wildman–Crippen LogP) is 13.1. The quantitative estimate of drug-likeness (QED) is 0.182. The van der Waals surface area contributed by atoms with Crippen LogP contribution in [0.1, 0.15) is 22.3 Å². The number of hydrogen-bond donors (Lipinski definition) is 0. The molecule has 2 nitrogen and oxygen atoms in total. The molecule has 1 spiro atoms. The van der Waals surface area contributed by atoms with Crippen LogP contribution in [0.15, 0.2) is 204 Å². The van der Waals surface area contributed by atoms with Crippen molar-refractivity contribution in [3.63, 3.8) is 0 Å². The van der Waals surface area contributed by atoms with Crippen LogP contribution in [-0.2, 0) is 5.41 Å². The van der Waals surface area contributed by atoms with E-state index in [9.17, 15) is 0 Å². The number of benzene rings is 8. The summed E-state index contributed by atoms with van der Waals surface area (Å²) >= 11 is 1.86. The molecule has 1 aromatic heterocycles. The lowest BCUT2D eigenvalue weighted by Crippen LogP contribution is -2.32. The topological polar surface area (TPSA) is 25.8 Å². The molecule has 3 heteroatoms. The predicted molar refractivity (Wildman–Crippen MR) is 223 cm³/mol. The Morgan fingerprint density at radius 1 is 0.333 bits per heavy atom. The molecule has 1 aliphatic carbocycles. The van der Waals surface area contributed by atoms with Crippen LogP contribution in [0, 0.1) is 0 Å². The van der Waals surface area contributed by atoms with Crippen molar-refractivity contribution in [2.75, 3.05) is 0 Å². The Kier molecular flexibility index (Phi) is 7.05. The molecule has 0 atom stereocenters. The highest BCUT2D eigenvalue weighted by Crippen LogP contribution is 2.62. The van der Waals surface area contributed by atoms with Crippen LogP contribution in [0.5, 0.6) is 0 Å². The molecule has 2 aliphatic rings. The van der Waals surface area contributed by atoms with Crippen molar-refractivity contribution in [1.29, 1.82) is 0 Å². The van der Waals surface area contributed by atoms with E-state index in [1.54, 1.807) is 0 Å². The van der Waals surface area contributed by atoms with Gasteiger partial charge in [0, 0.05) is 26.5 Å². The molecule has 9 aromatic rings. The number of rotatable bonds is 4. The molecule has 0 bridgehead atoms. The van der Waals surface area contributed by atoms with Gasteiger partial charge in [0.25, 0.3) is 0 Å². The molecule has 2 heterocycles. The van der Waals surface area contributed by atoms with Crippen molar-refractivity contribution in [2.45, 2.75) is 15.2 Å². The second-order valence-electron chi connectivity index (χ2n) is 14.1. The molecule has 0 radical (unpaired) electrons. The second kappa shape index (κ2) is 12.3. The highest BCUT2D eigenvalue weighted by molar-refractivity contribution is 7.99. The van der Waals surface area contributed by atoms with Gasteiger partial charge in [0.15, 0.2) is 5.82 Å². The monoisotopic (exact) mass is 704 g/mol. The van der Waals surface area contributed by atoms with Gasteiger partial charge in [0.05, 0.1) is 16.8 Å². The van der Waals surface area contributed by atoms with Gasteiger partial charge in [0.2, 0.25) is 0 Å². The molecule has 0 saturated carbocycles. The third-order valence-corrected chi connectivity index (χ3v) is 12.3. The highest BCUT2D eigenvalue weighted by Gasteiger charge is 2.50. The Labute approximate surface area is 318 Å². The smallest absolute Gasteiger partial charge is 0.160 e. The molecule has 8 aromatic carbocycles. The van der Waals surface area contributed by atoms with Gasteiger partial charge < -0.3 is 0 Å². The zero-order valence-electron chi connectivity index (χ0n) is 29.3. The number of hydrogen-bond acceptors (Lipinski definition) is 3. The molecular formula is C51H32N2S. The van der Waals surface area contributed by atoms with Crippen LogP contribution >= 0.6 is 11.8 Å². The molecule has 54 heavy (non-hydrogen) atoms. The summed E-state index contributed by atoms with van der Waals surface area (Å²) in [7, 11) is 0.